The molecule has 0 radical (unpaired) electrons. The van der Waals surface area contributed by atoms with Crippen LogP contribution in [0.25, 0.3) is 10.9 Å². The van der Waals surface area contributed by atoms with E-state index in [2.05, 4.69) is 4.98 Å². The number of halogens is 1. The smallest absolute Gasteiger partial charge is 0.162 e. The Balaban J connectivity index is 2.86. The Bertz CT molecular complexity index is 608. The summed E-state index contributed by atoms with van der Waals surface area (Å²) in [6.07, 6.45) is 0. The lowest BCUT2D eigenvalue weighted by Crippen LogP contribution is -1.98. The number of rotatable bonds is 2. The Labute approximate surface area is 104 Å². The van der Waals surface area contributed by atoms with Crippen LogP contribution >= 0.6 is 11.6 Å². The number of aromatic nitrogens is 1. The zero-order valence-electron chi connectivity index (χ0n) is 9.87. The number of Topliss-reactive ketones (excluding diaryl/α,β-unsaturated/α-hetero) is 1. The van der Waals surface area contributed by atoms with Crippen molar-refractivity contribution in [1.82, 2.24) is 4.98 Å². The molecular formula is C13H12ClNO2. The summed E-state index contributed by atoms with van der Waals surface area (Å²) < 4.78 is 5.23. The third kappa shape index (κ3) is 1.98. The van der Waals surface area contributed by atoms with E-state index in [-0.39, 0.29) is 10.9 Å². The van der Waals surface area contributed by atoms with Crippen molar-refractivity contribution in [2.24, 2.45) is 0 Å². The Morgan fingerprint density at radius 3 is 2.71 bits per heavy atom. The molecule has 0 N–H and O–H groups in total. The van der Waals surface area contributed by atoms with Gasteiger partial charge in [0.15, 0.2) is 5.78 Å². The van der Waals surface area contributed by atoms with Gasteiger partial charge in [0, 0.05) is 5.39 Å². The number of hydrogen-bond donors (Lipinski definition) is 0. The van der Waals surface area contributed by atoms with Gasteiger partial charge in [-0.15, -0.1) is 0 Å². The van der Waals surface area contributed by atoms with Crippen LogP contribution in [0.2, 0.25) is 5.15 Å². The second-order valence-corrected chi connectivity index (χ2v) is 4.22. The van der Waals surface area contributed by atoms with Crippen LogP contribution in [0.3, 0.4) is 0 Å². The molecule has 0 aliphatic carbocycles. The molecular weight excluding hydrogens is 238 g/mol. The molecule has 0 fully saturated rings. The average Bonchev–Trinajstić information content (AvgIpc) is 2.28. The summed E-state index contributed by atoms with van der Waals surface area (Å²) in [5.74, 6) is 0.564. The number of fused-ring (bicyclic) bond motifs is 1. The molecule has 2 aromatic rings. The predicted octanol–water partition coefficient (Wildman–Crippen LogP) is 3.41. The number of benzene rings is 1. The van der Waals surface area contributed by atoms with E-state index >= 15 is 0 Å². The Hall–Kier alpha value is -1.61. The fourth-order valence-electron chi connectivity index (χ4n) is 1.76. The van der Waals surface area contributed by atoms with Gasteiger partial charge in [-0.05, 0) is 31.5 Å². The molecule has 0 atom stereocenters. The third-order valence-corrected chi connectivity index (χ3v) is 3.01. The number of pyridine rings is 1. The fourth-order valence-corrected chi connectivity index (χ4v) is 2.03. The summed E-state index contributed by atoms with van der Waals surface area (Å²) in [6.45, 7) is 3.44. The van der Waals surface area contributed by atoms with E-state index in [1.807, 2.05) is 19.1 Å². The zero-order valence-corrected chi connectivity index (χ0v) is 10.6. The Kier molecular flexibility index (Phi) is 3.03. The molecule has 3 nitrogen and oxygen atoms in total. The van der Waals surface area contributed by atoms with Gasteiger partial charge in [-0.3, -0.25) is 4.79 Å². The van der Waals surface area contributed by atoms with Gasteiger partial charge in [-0.1, -0.05) is 17.7 Å². The second kappa shape index (κ2) is 4.34. The number of ketones is 1. The molecule has 2 rings (SSSR count). The molecule has 4 heteroatoms. The molecule has 1 aromatic heterocycles. The van der Waals surface area contributed by atoms with Crippen molar-refractivity contribution < 1.29 is 9.53 Å². The van der Waals surface area contributed by atoms with Crippen molar-refractivity contribution in [3.63, 3.8) is 0 Å². The molecule has 0 spiro atoms. The third-order valence-electron chi connectivity index (χ3n) is 2.72. The number of nitrogens with zero attached hydrogens (tertiary/aromatic N) is 1. The van der Waals surface area contributed by atoms with E-state index in [0.29, 0.717) is 16.8 Å². The van der Waals surface area contributed by atoms with Crippen molar-refractivity contribution in [3.8, 4) is 5.75 Å². The maximum atomic E-state index is 11.4. The van der Waals surface area contributed by atoms with E-state index in [4.69, 9.17) is 16.3 Å². The van der Waals surface area contributed by atoms with Gasteiger partial charge in [-0.2, -0.15) is 0 Å². The highest BCUT2D eigenvalue weighted by Gasteiger charge is 2.13. The molecule has 17 heavy (non-hydrogen) atoms. The number of carbonyl (C=O) groups excluding carboxylic acids is 1. The Morgan fingerprint density at radius 2 is 2.12 bits per heavy atom. The Morgan fingerprint density at radius 1 is 1.41 bits per heavy atom. The SMILES string of the molecule is COc1ccc(C)c2cc(C(C)=O)c(Cl)nc12. The van der Waals surface area contributed by atoms with E-state index in [9.17, 15) is 4.79 Å². The summed E-state index contributed by atoms with van der Waals surface area (Å²) in [5.41, 5.74) is 2.16. The van der Waals surface area contributed by atoms with E-state index in [1.54, 1.807) is 13.2 Å². The van der Waals surface area contributed by atoms with E-state index in [0.717, 1.165) is 10.9 Å². The normalized spacial score (nSPS) is 10.6. The number of aryl methyl sites for hydroxylation is 1. The number of methoxy groups -OCH3 is 1. The maximum Gasteiger partial charge on any atom is 0.162 e. The predicted molar refractivity (Wildman–Crippen MR) is 68.0 cm³/mol. The number of hydrogen-bond acceptors (Lipinski definition) is 3. The highest BCUT2D eigenvalue weighted by atomic mass is 35.5. The van der Waals surface area contributed by atoms with Crippen LogP contribution in [0.5, 0.6) is 5.75 Å². The molecule has 1 aromatic carbocycles. The largest absolute Gasteiger partial charge is 0.494 e. The quantitative estimate of drug-likeness (QED) is 0.605. The molecule has 88 valence electrons. The number of ether oxygens (including phenoxy) is 1. The van der Waals surface area contributed by atoms with Crippen LogP contribution in [0.4, 0.5) is 0 Å². The van der Waals surface area contributed by atoms with Gasteiger partial charge in [0.1, 0.15) is 16.4 Å². The molecule has 0 saturated carbocycles. The minimum atomic E-state index is -0.0911. The van der Waals surface area contributed by atoms with E-state index in [1.165, 1.54) is 6.92 Å². The first-order valence-corrected chi connectivity index (χ1v) is 5.57. The summed E-state index contributed by atoms with van der Waals surface area (Å²) in [4.78, 5) is 15.7. The topological polar surface area (TPSA) is 39.2 Å². The minimum Gasteiger partial charge on any atom is -0.494 e. The van der Waals surface area contributed by atoms with Gasteiger partial charge in [0.2, 0.25) is 0 Å². The molecule has 1 heterocycles. The van der Waals surface area contributed by atoms with Crippen LogP contribution < -0.4 is 4.74 Å². The summed E-state index contributed by atoms with van der Waals surface area (Å²) >= 11 is 5.99. The van der Waals surface area contributed by atoms with Crippen LogP contribution in [-0.4, -0.2) is 17.9 Å². The van der Waals surface area contributed by atoms with Gasteiger partial charge < -0.3 is 4.74 Å². The lowest BCUT2D eigenvalue weighted by atomic mass is 10.1. The van der Waals surface area contributed by atoms with Crippen LogP contribution in [-0.2, 0) is 0 Å². The monoisotopic (exact) mass is 249 g/mol. The molecule has 0 amide bonds. The van der Waals surface area contributed by atoms with Crippen molar-refractivity contribution >= 4 is 28.3 Å². The first kappa shape index (κ1) is 11.9. The average molecular weight is 250 g/mol. The van der Waals surface area contributed by atoms with Crippen LogP contribution in [0.1, 0.15) is 22.8 Å². The minimum absolute atomic E-state index is 0.0911. The first-order chi connectivity index (χ1) is 8.04. The molecule has 0 saturated heterocycles. The van der Waals surface area contributed by atoms with E-state index < -0.39 is 0 Å². The molecule has 0 aliphatic heterocycles. The molecule has 0 bridgehead atoms. The maximum absolute atomic E-state index is 11.4. The van der Waals surface area contributed by atoms with Crippen molar-refractivity contribution in [2.45, 2.75) is 13.8 Å². The van der Waals surface area contributed by atoms with Gasteiger partial charge in [-0.25, -0.2) is 4.98 Å². The summed E-state index contributed by atoms with van der Waals surface area (Å²) in [6, 6.07) is 5.54. The zero-order chi connectivity index (χ0) is 12.6. The summed E-state index contributed by atoms with van der Waals surface area (Å²) in [7, 11) is 1.58. The standard InChI is InChI=1S/C13H12ClNO2/c1-7-4-5-11(17-3)12-9(7)6-10(8(2)16)13(14)15-12/h4-6H,1-3H3. The number of carbonyl (C=O) groups is 1. The summed E-state index contributed by atoms with van der Waals surface area (Å²) in [5, 5.41) is 1.10. The lowest BCUT2D eigenvalue weighted by Gasteiger charge is -2.09. The molecule has 0 unspecified atom stereocenters. The van der Waals surface area contributed by atoms with Crippen molar-refractivity contribution in [3.05, 3.63) is 34.5 Å². The lowest BCUT2D eigenvalue weighted by molar-refractivity contribution is 0.101. The van der Waals surface area contributed by atoms with Crippen LogP contribution in [0.15, 0.2) is 18.2 Å². The first-order valence-electron chi connectivity index (χ1n) is 5.19. The van der Waals surface area contributed by atoms with Crippen molar-refractivity contribution in [2.75, 3.05) is 7.11 Å². The molecule has 0 aliphatic rings. The van der Waals surface area contributed by atoms with Gasteiger partial charge >= 0.3 is 0 Å². The van der Waals surface area contributed by atoms with Gasteiger partial charge in [0.05, 0.1) is 12.7 Å². The fraction of sp³-hybridized carbons (Fsp3) is 0.231. The van der Waals surface area contributed by atoms with Crippen LogP contribution in [0, 0.1) is 6.92 Å². The second-order valence-electron chi connectivity index (χ2n) is 3.86. The highest BCUT2D eigenvalue weighted by Crippen LogP contribution is 2.30. The van der Waals surface area contributed by atoms with Crippen molar-refractivity contribution in [1.29, 1.82) is 0 Å². The highest BCUT2D eigenvalue weighted by molar-refractivity contribution is 6.33. The van der Waals surface area contributed by atoms with Gasteiger partial charge in [0.25, 0.3) is 0 Å².